The molecule has 0 saturated heterocycles. The summed E-state index contributed by atoms with van der Waals surface area (Å²) in [6.07, 6.45) is 0. The molecule has 7 heteroatoms. The summed E-state index contributed by atoms with van der Waals surface area (Å²) in [5.41, 5.74) is 1.77. The van der Waals surface area contributed by atoms with Gasteiger partial charge in [-0.1, -0.05) is 23.7 Å². The van der Waals surface area contributed by atoms with Gasteiger partial charge in [0.1, 0.15) is 19.0 Å². The van der Waals surface area contributed by atoms with Crippen molar-refractivity contribution < 1.29 is 19.1 Å². The number of anilines is 1. The molecule has 26 heavy (non-hydrogen) atoms. The normalized spacial score (nSPS) is 10.2. The van der Waals surface area contributed by atoms with E-state index in [0.717, 1.165) is 11.3 Å². The highest BCUT2D eigenvalue weighted by atomic mass is 35.5. The third kappa shape index (κ3) is 7.80. The number of benzene rings is 2. The molecule has 0 aliphatic rings. The van der Waals surface area contributed by atoms with Gasteiger partial charge in [0.2, 0.25) is 5.91 Å². The predicted octanol–water partition coefficient (Wildman–Crippen LogP) is 3.94. The molecule has 2 aromatic rings. The summed E-state index contributed by atoms with van der Waals surface area (Å²) in [6.45, 7) is 2.44. The zero-order chi connectivity index (χ0) is 18.8. The summed E-state index contributed by atoms with van der Waals surface area (Å²) in [5, 5.41) is 3.33. The Bertz CT molecular complexity index is 737. The highest BCUT2D eigenvalue weighted by Gasteiger charge is 2.07. The lowest BCUT2D eigenvalue weighted by Gasteiger charge is -2.08. The summed E-state index contributed by atoms with van der Waals surface area (Å²) >= 11 is 6.98. The van der Waals surface area contributed by atoms with Crippen LogP contribution in [0, 0.1) is 6.92 Å². The third-order valence-electron chi connectivity index (χ3n) is 3.19. The number of ether oxygens (including phenoxy) is 2. The molecule has 0 aliphatic heterocycles. The number of nitrogens with one attached hydrogen (secondary N) is 1. The molecule has 1 N–H and O–H groups in total. The Morgan fingerprint density at radius 2 is 1.85 bits per heavy atom. The number of thioether (sulfide) groups is 1. The average molecular weight is 394 g/mol. The van der Waals surface area contributed by atoms with Crippen LogP contribution in [0.3, 0.4) is 0 Å². The fourth-order valence-corrected chi connectivity index (χ4v) is 2.75. The second kappa shape index (κ2) is 10.7. The molecule has 0 atom stereocenters. The maximum Gasteiger partial charge on any atom is 0.316 e. The molecule has 0 heterocycles. The third-order valence-corrected chi connectivity index (χ3v) is 4.34. The first-order chi connectivity index (χ1) is 12.5. The van der Waals surface area contributed by atoms with Crippen LogP contribution < -0.4 is 10.1 Å². The number of carbonyl (C=O) groups excluding carboxylic acids is 2. The quantitative estimate of drug-likeness (QED) is 0.516. The minimum absolute atomic E-state index is 0.110. The number of halogens is 1. The number of hydrogen-bond donors (Lipinski definition) is 1. The van der Waals surface area contributed by atoms with Crippen molar-refractivity contribution in [2.24, 2.45) is 0 Å². The molecule has 5 nitrogen and oxygen atoms in total. The van der Waals surface area contributed by atoms with Crippen molar-refractivity contribution >= 4 is 40.9 Å². The van der Waals surface area contributed by atoms with Crippen molar-refractivity contribution in [3.05, 3.63) is 59.1 Å². The van der Waals surface area contributed by atoms with Gasteiger partial charge in [-0.25, -0.2) is 0 Å². The first-order valence-corrected chi connectivity index (χ1v) is 9.54. The molecule has 2 rings (SSSR count). The Morgan fingerprint density at radius 3 is 2.58 bits per heavy atom. The molecule has 0 spiro atoms. The van der Waals surface area contributed by atoms with Gasteiger partial charge in [0.25, 0.3) is 0 Å². The lowest BCUT2D eigenvalue weighted by Crippen LogP contribution is -2.17. The molecular weight excluding hydrogens is 374 g/mol. The van der Waals surface area contributed by atoms with E-state index in [1.54, 1.807) is 24.3 Å². The Morgan fingerprint density at radius 1 is 1.08 bits per heavy atom. The number of aryl methyl sites for hydroxylation is 1. The first-order valence-electron chi connectivity index (χ1n) is 8.01. The molecule has 0 aliphatic carbocycles. The minimum Gasteiger partial charge on any atom is -0.490 e. The van der Waals surface area contributed by atoms with Crippen molar-refractivity contribution in [3.63, 3.8) is 0 Å². The molecule has 0 unspecified atom stereocenters. The van der Waals surface area contributed by atoms with E-state index < -0.39 is 0 Å². The van der Waals surface area contributed by atoms with Crippen molar-refractivity contribution in [3.8, 4) is 5.75 Å². The Kier molecular flexibility index (Phi) is 8.31. The number of hydrogen-bond acceptors (Lipinski definition) is 5. The van der Waals surface area contributed by atoms with Crippen LogP contribution in [0.1, 0.15) is 5.56 Å². The first kappa shape index (κ1) is 20.1. The number of amides is 1. The lowest BCUT2D eigenvalue weighted by atomic mass is 10.2. The van der Waals surface area contributed by atoms with E-state index >= 15 is 0 Å². The van der Waals surface area contributed by atoms with Crippen LogP contribution in [0.4, 0.5) is 5.69 Å². The number of esters is 1. The van der Waals surface area contributed by atoms with Crippen LogP contribution in [0.15, 0.2) is 48.5 Å². The van der Waals surface area contributed by atoms with Gasteiger partial charge in [-0.05, 0) is 48.9 Å². The van der Waals surface area contributed by atoms with Gasteiger partial charge in [-0.15, -0.1) is 11.8 Å². The molecule has 0 aromatic heterocycles. The van der Waals surface area contributed by atoms with Gasteiger partial charge >= 0.3 is 5.97 Å². The summed E-state index contributed by atoms with van der Waals surface area (Å²) in [5.74, 6) is 0.458. The lowest BCUT2D eigenvalue weighted by molar-refractivity contribution is -0.141. The molecule has 138 valence electrons. The van der Waals surface area contributed by atoms with Crippen molar-refractivity contribution in [2.45, 2.75) is 6.92 Å². The number of carbonyl (C=O) groups is 2. The van der Waals surface area contributed by atoms with Crippen molar-refractivity contribution in [2.75, 3.05) is 30.0 Å². The van der Waals surface area contributed by atoms with Gasteiger partial charge in [0.15, 0.2) is 0 Å². The highest BCUT2D eigenvalue weighted by Crippen LogP contribution is 2.14. The molecule has 0 radical (unpaired) electrons. The van der Waals surface area contributed by atoms with E-state index in [4.69, 9.17) is 21.1 Å². The maximum absolute atomic E-state index is 11.8. The molecular formula is C19H20ClNO4S. The predicted molar refractivity (Wildman–Crippen MR) is 105 cm³/mol. The average Bonchev–Trinajstić information content (AvgIpc) is 2.61. The van der Waals surface area contributed by atoms with Crippen LogP contribution in [0.5, 0.6) is 5.75 Å². The largest absolute Gasteiger partial charge is 0.490 e. The Balaban J connectivity index is 1.55. The van der Waals surface area contributed by atoms with Crippen molar-refractivity contribution in [1.82, 2.24) is 0 Å². The van der Waals surface area contributed by atoms with Gasteiger partial charge in [0, 0.05) is 10.7 Å². The van der Waals surface area contributed by atoms with E-state index in [1.165, 1.54) is 11.8 Å². The van der Waals surface area contributed by atoms with Crippen molar-refractivity contribution in [1.29, 1.82) is 0 Å². The molecule has 0 saturated carbocycles. The van der Waals surface area contributed by atoms with E-state index in [9.17, 15) is 9.59 Å². The minimum atomic E-state index is -0.373. The van der Waals surface area contributed by atoms with Gasteiger partial charge in [0.05, 0.1) is 11.5 Å². The van der Waals surface area contributed by atoms with Crippen LogP contribution in [-0.2, 0) is 14.3 Å². The fourth-order valence-electron chi connectivity index (χ4n) is 2.02. The number of rotatable bonds is 9. The van der Waals surface area contributed by atoms with Crippen LogP contribution in [0.25, 0.3) is 0 Å². The molecule has 0 bridgehead atoms. The van der Waals surface area contributed by atoms with E-state index in [2.05, 4.69) is 5.32 Å². The zero-order valence-electron chi connectivity index (χ0n) is 14.4. The summed E-state index contributed by atoms with van der Waals surface area (Å²) in [7, 11) is 0. The second-order valence-corrected chi connectivity index (χ2v) is 6.86. The van der Waals surface area contributed by atoms with Gasteiger partial charge < -0.3 is 14.8 Å². The zero-order valence-corrected chi connectivity index (χ0v) is 15.9. The summed E-state index contributed by atoms with van der Waals surface area (Å²) in [4.78, 5) is 23.4. The fraction of sp³-hybridized carbons (Fsp3) is 0.263. The second-order valence-electron chi connectivity index (χ2n) is 5.43. The van der Waals surface area contributed by atoms with Crippen LogP contribution >= 0.6 is 23.4 Å². The summed E-state index contributed by atoms with van der Waals surface area (Å²) < 4.78 is 10.6. The van der Waals surface area contributed by atoms with E-state index in [1.807, 2.05) is 31.2 Å². The molecule has 0 fully saturated rings. The standard InChI is InChI=1S/C19H20ClNO4S/c1-14-3-2-4-17(11-14)24-9-10-25-19(23)13-26-12-18(22)21-16-7-5-15(20)6-8-16/h2-8,11H,9-10,12-13H2,1H3,(H,21,22). The van der Waals surface area contributed by atoms with Crippen LogP contribution in [0.2, 0.25) is 5.02 Å². The van der Waals surface area contributed by atoms with Crippen LogP contribution in [-0.4, -0.2) is 36.6 Å². The maximum atomic E-state index is 11.8. The molecule has 2 aromatic carbocycles. The topological polar surface area (TPSA) is 64.6 Å². The highest BCUT2D eigenvalue weighted by molar-refractivity contribution is 8.00. The monoisotopic (exact) mass is 393 g/mol. The Labute approximate surface area is 162 Å². The SMILES string of the molecule is Cc1cccc(OCCOC(=O)CSCC(=O)Nc2ccc(Cl)cc2)c1. The smallest absolute Gasteiger partial charge is 0.316 e. The summed E-state index contributed by atoms with van der Waals surface area (Å²) in [6, 6.07) is 14.5. The molecule has 1 amide bonds. The van der Waals surface area contributed by atoms with Gasteiger partial charge in [-0.3, -0.25) is 9.59 Å². The van der Waals surface area contributed by atoms with Gasteiger partial charge in [-0.2, -0.15) is 0 Å². The van der Waals surface area contributed by atoms with E-state index in [0.29, 0.717) is 10.7 Å². The Hall–Kier alpha value is -2.18. The van der Waals surface area contributed by atoms with E-state index in [-0.39, 0.29) is 36.6 Å².